The molecule has 0 aliphatic carbocycles. The smallest absolute Gasteiger partial charge is 0.301 e. The van der Waals surface area contributed by atoms with Crippen LogP contribution < -0.4 is 9.46 Å². The van der Waals surface area contributed by atoms with Gasteiger partial charge in [-0.15, -0.1) is 0 Å². The molecule has 0 bridgehead atoms. The third kappa shape index (κ3) is 3.08. The van der Waals surface area contributed by atoms with E-state index in [0.717, 1.165) is 12.0 Å². The highest BCUT2D eigenvalue weighted by molar-refractivity contribution is 7.90. The fourth-order valence-corrected chi connectivity index (χ4v) is 3.75. The first-order chi connectivity index (χ1) is 10.6. The zero-order chi connectivity index (χ0) is 15.6. The van der Waals surface area contributed by atoms with Crippen LogP contribution in [0.4, 0.5) is 5.69 Å². The normalized spacial score (nSPS) is 15.1. The lowest BCUT2D eigenvalue weighted by Crippen LogP contribution is -2.39. The molecule has 5 nitrogen and oxygen atoms in total. The van der Waals surface area contributed by atoms with Gasteiger partial charge in [-0.3, -0.25) is 4.72 Å². The van der Waals surface area contributed by atoms with Crippen molar-refractivity contribution in [1.29, 1.82) is 0 Å². The molecular weight excluding hydrogens is 300 g/mol. The summed E-state index contributed by atoms with van der Waals surface area (Å²) in [4.78, 5) is 0. The van der Waals surface area contributed by atoms with E-state index < -0.39 is 10.2 Å². The van der Waals surface area contributed by atoms with Gasteiger partial charge in [0.2, 0.25) is 0 Å². The first-order valence-electron chi connectivity index (χ1n) is 7.07. The zero-order valence-electron chi connectivity index (χ0n) is 12.3. The van der Waals surface area contributed by atoms with Crippen molar-refractivity contribution in [2.45, 2.75) is 13.0 Å². The van der Waals surface area contributed by atoms with Crippen molar-refractivity contribution in [2.75, 3.05) is 18.4 Å². The third-order valence-corrected chi connectivity index (χ3v) is 5.26. The highest BCUT2D eigenvalue weighted by atomic mass is 32.2. The largest absolute Gasteiger partial charge is 0.497 e. The van der Waals surface area contributed by atoms with Crippen LogP contribution in [0.3, 0.4) is 0 Å². The summed E-state index contributed by atoms with van der Waals surface area (Å²) in [6.07, 6.45) is 0.736. The molecule has 0 saturated heterocycles. The fourth-order valence-electron chi connectivity index (χ4n) is 2.55. The predicted octanol–water partition coefficient (Wildman–Crippen LogP) is 2.41. The summed E-state index contributed by atoms with van der Waals surface area (Å²) in [5.74, 6) is 0.690. The first-order valence-corrected chi connectivity index (χ1v) is 8.51. The minimum absolute atomic E-state index is 0.404. The lowest BCUT2D eigenvalue weighted by Gasteiger charge is -2.28. The van der Waals surface area contributed by atoms with Gasteiger partial charge in [-0.2, -0.15) is 12.7 Å². The van der Waals surface area contributed by atoms with Crippen LogP contribution in [0.1, 0.15) is 11.1 Å². The molecule has 0 amide bonds. The van der Waals surface area contributed by atoms with E-state index >= 15 is 0 Å². The van der Waals surface area contributed by atoms with E-state index in [1.54, 1.807) is 31.4 Å². The van der Waals surface area contributed by atoms with Crippen LogP contribution in [0.15, 0.2) is 48.5 Å². The van der Waals surface area contributed by atoms with Crippen molar-refractivity contribution in [3.63, 3.8) is 0 Å². The van der Waals surface area contributed by atoms with Gasteiger partial charge in [0, 0.05) is 13.1 Å². The second kappa shape index (κ2) is 5.98. The summed E-state index contributed by atoms with van der Waals surface area (Å²) >= 11 is 0. The molecule has 2 aromatic rings. The summed E-state index contributed by atoms with van der Waals surface area (Å²) in [5, 5.41) is 0. The van der Waals surface area contributed by atoms with Crippen molar-refractivity contribution < 1.29 is 13.2 Å². The summed E-state index contributed by atoms with van der Waals surface area (Å²) in [7, 11) is -1.98. The van der Waals surface area contributed by atoms with Crippen LogP contribution >= 0.6 is 0 Å². The third-order valence-electron chi connectivity index (χ3n) is 3.77. The van der Waals surface area contributed by atoms with Crippen LogP contribution in [0.25, 0.3) is 0 Å². The average molecular weight is 318 g/mol. The van der Waals surface area contributed by atoms with Crippen LogP contribution in [-0.4, -0.2) is 26.4 Å². The maximum atomic E-state index is 12.5. The maximum Gasteiger partial charge on any atom is 0.301 e. The monoisotopic (exact) mass is 318 g/mol. The van der Waals surface area contributed by atoms with E-state index in [9.17, 15) is 8.42 Å². The Kier molecular flexibility index (Phi) is 4.04. The van der Waals surface area contributed by atoms with Gasteiger partial charge in [0.1, 0.15) is 5.75 Å². The number of hydrogen-bond donors (Lipinski definition) is 1. The number of methoxy groups -OCH3 is 1. The average Bonchev–Trinajstić information content (AvgIpc) is 2.55. The standard InChI is InChI=1S/C16H18N2O3S/c1-21-16-8-6-15(7-9-16)17-22(19,20)18-11-10-13-4-2-3-5-14(13)12-18/h2-9,17H,10-12H2,1H3. The Morgan fingerprint density at radius 3 is 2.41 bits per heavy atom. The van der Waals surface area contributed by atoms with Gasteiger partial charge in [-0.05, 0) is 41.8 Å². The quantitative estimate of drug-likeness (QED) is 0.942. The van der Waals surface area contributed by atoms with Crippen molar-refractivity contribution >= 4 is 15.9 Å². The van der Waals surface area contributed by atoms with Crippen LogP contribution in [-0.2, 0) is 23.2 Å². The Balaban J connectivity index is 1.76. The highest BCUT2D eigenvalue weighted by Gasteiger charge is 2.26. The van der Waals surface area contributed by atoms with Crippen LogP contribution in [0.2, 0.25) is 0 Å². The van der Waals surface area contributed by atoms with E-state index in [4.69, 9.17) is 4.74 Å². The van der Waals surface area contributed by atoms with Crippen LogP contribution in [0, 0.1) is 0 Å². The van der Waals surface area contributed by atoms with E-state index in [1.165, 1.54) is 9.87 Å². The second-order valence-electron chi connectivity index (χ2n) is 5.19. The molecule has 0 aromatic heterocycles. The van der Waals surface area contributed by atoms with Gasteiger partial charge >= 0.3 is 10.2 Å². The highest BCUT2D eigenvalue weighted by Crippen LogP contribution is 2.23. The Morgan fingerprint density at radius 1 is 1.05 bits per heavy atom. The molecule has 6 heteroatoms. The molecule has 1 aliphatic heterocycles. The summed E-state index contributed by atoms with van der Waals surface area (Å²) in [5.41, 5.74) is 2.81. The molecule has 1 N–H and O–H groups in total. The van der Waals surface area contributed by atoms with Gasteiger partial charge in [-0.25, -0.2) is 0 Å². The molecule has 0 radical (unpaired) electrons. The SMILES string of the molecule is COc1ccc(NS(=O)(=O)N2CCc3ccccc3C2)cc1. The number of anilines is 1. The topological polar surface area (TPSA) is 58.6 Å². The molecule has 0 fully saturated rings. The molecule has 0 saturated carbocycles. The van der Waals surface area contributed by atoms with Gasteiger partial charge in [-0.1, -0.05) is 24.3 Å². The number of nitrogens with one attached hydrogen (secondary N) is 1. The van der Waals surface area contributed by atoms with Crippen molar-refractivity contribution in [2.24, 2.45) is 0 Å². The number of ether oxygens (including phenoxy) is 1. The molecule has 0 atom stereocenters. The van der Waals surface area contributed by atoms with Gasteiger partial charge in [0.25, 0.3) is 0 Å². The van der Waals surface area contributed by atoms with E-state index in [-0.39, 0.29) is 0 Å². The summed E-state index contributed by atoms with van der Waals surface area (Å²) in [6.45, 7) is 0.893. The number of nitrogens with zero attached hydrogens (tertiary/aromatic N) is 1. The van der Waals surface area contributed by atoms with E-state index in [0.29, 0.717) is 24.5 Å². The van der Waals surface area contributed by atoms with Gasteiger partial charge in [0.05, 0.1) is 12.8 Å². The Morgan fingerprint density at radius 2 is 1.73 bits per heavy atom. The number of benzene rings is 2. The predicted molar refractivity (Wildman–Crippen MR) is 86.1 cm³/mol. The Bertz CT molecular complexity index is 757. The Labute approximate surface area is 130 Å². The molecule has 0 unspecified atom stereocenters. The minimum Gasteiger partial charge on any atom is -0.497 e. The summed E-state index contributed by atoms with van der Waals surface area (Å²) in [6, 6.07) is 14.8. The minimum atomic E-state index is -3.56. The number of fused-ring (bicyclic) bond motifs is 1. The van der Waals surface area contributed by atoms with Crippen molar-refractivity contribution in [1.82, 2.24) is 4.31 Å². The molecule has 0 spiro atoms. The molecule has 2 aromatic carbocycles. The molecular formula is C16H18N2O3S. The number of rotatable bonds is 4. The molecule has 1 heterocycles. The second-order valence-corrected chi connectivity index (χ2v) is 6.86. The molecule has 1 aliphatic rings. The lowest BCUT2D eigenvalue weighted by molar-refractivity contribution is 0.394. The molecule has 116 valence electrons. The number of hydrogen-bond acceptors (Lipinski definition) is 3. The fraction of sp³-hybridized carbons (Fsp3) is 0.250. The van der Waals surface area contributed by atoms with Crippen LogP contribution in [0.5, 0.6) is 5.75 Å². The van der Waals surface area contributed by atoms with E-state index in [1.807, 2.05) is 18.2 Å². The molecule has 22 heavy (non-hydrogen) atoms. The van der Waals surface area contributed by atoms with E-state index in [2.05, 4.69) is 10.8 Å². The summed E-state index contributed by atoms with van der Waals surface area (Å²) < 4.78 is 34.2. The first kappa shape index (κ1) is 14.9. The van der Waals surface area contributed by atoms with Crippen molar-refractivity contribution in [3.8, 4) is 5.75 Å². The van der Waals surface area contributed by atoms with Gasteiger partial charge in [0.15, 0.2) is 0 Å². The molecule has 3 rings (SSSR count). The van der Waals surface area contributed by atoms with Gasteiger partial charge < -0.3 is 4.74 Å². The maximum absolute atomic E-state index is 12.5. The lowest BCUT2D eigenvalue weighted by atomic mass is 10.0. The Hall–Kier alpha value is -2.05. The zero-order valence-corrected chi connectivity index (χ0v) is 13.1. The van der Waals surface area contributed by atoms with Crippen molar-refractivity contribution in [3.05, 3.63) is 59.7 Å².